The molecule has 0 saturated carbocycles. The second-order valence-electron chi connectivity index (χ2n) is 2.99. The molecule has 4 heteroatoms. The van der Waals surface area contributed by atoms with Crippen molar-refractivity contribution in [2.45, 2.75) is 54.4 Å². The van der Waals surface area contributed by atoms with Crippen molar-refractivity contribution in [3.05, 3.63) is 26.0 Å². The van der Waals surface area contributed by atoms with Crippen molar-refractivity contribution in [2.75, 3.05) is 12.4 Å². The van der Waals surface area contributed by atoms with Gasteiger partial charge in [0.05, 0.1) is 0 Å². The first kappa shape index (κ1) is 30.5. The first-order valence-electron chi connectivity index (χ1n) is 5.21. The Hall–Kier alpha value is -0.536. The summed E-state index contributed by atoms with van der Waals surface area (Å²) < 4.78 is 0. The van der Waals surface area contributed by atoms with Gasteiger partial charge in [0.25, 0.3) is 0 Å². The average molecular weight is 292 g/mol. The molecule has 3 nitrogen and oxygen atoms in total. The fraction of sp³-hybridized carbons (Fsp3) is 0.643. The van der Waals surface area contributed by atoms with E-state index >= 15 is 0 Å². The molecule has 18 heavy (non-hydrogen) atoms. The van der Waals surface area contributed by atoms with Gasteiger partial charge in [-0.1, -0.05) is 60.6 Å². The van der Waals surface area contributed by atoms with Gasteiger partial charge in [-0.25, -0.2) is 0 Å². The first-order valence-corrected chi connectivity index (χ1v) is 5.21. The van der Waals surface area contributed by atoms with E-state index in [9.17, 15) is 0 Å². The molecule has 0 atom stereocenters. The zero-order valence-electron chi connectivity index (χ0n) is 10.8. The van der Waals surface area contributed by atoms with Gasteiger partial charge in [0.2, 0.25) is 0 Å². The average Bonchev–Trinajstić information content (AvgIpc) is 2.28. The molecule has 0 amide bonds. The molecular weight excluding hydrogens is 261 g/mol. The molecule has 1 heterocycles. The Morgan fingerprint density at radius 3 is 1.89 bits per heavy atom. The maximum Gasteiger partial charge on any atom is 2.00 e. The molecule has 0 aromatic carbocycles. The molecule has 1 aromatic heterocycles. The number of nitrogens with one attached hydrogen (secondary N) is 1. The second kappa shape index (κ2) is 25.3. The van der Waals surface area contributed by atoms with E-state index in [2.05, 4.69) is 35.3 Å². The van der Waals surface area contributed by atoms with E-state index in [1.807, 2.05) is 0 Å². The number of nitrogens with zero attached hydrogens (tertiary/aromatic N) is 2. The Labute approximate surface area is 127 Å². The molecule has 0 spiro atoms. The van der Waals surface area contributed by atoms with Gasteiger partial charge in [-0.2, -0.15) is 0 Å². The van der Waals surface area contributed by atoms with Crippen LogP contribution in [0.1, 0.15) is 54.4 Å². The third-order valence-corrected chi connectivity index (χ3v) is 1.74. The van der Waals surface area contributed by atoms with Gasteiger partial charge in [0.15, 0.2) is 0 Å². The predicted octanol–water partition coefficient (Wildman–Crippen LogP) is 4.63. The van der Waals surface area contributed by atoms with Crippen LogP contribution < -0.4 is 5.32 Å². The maximum absolute atomic E-state index is 3.84. The van der Waals surface area contributed by atoms with Gasteiger partial charge in [-0.05, 0) is 7.05 Å². The molecule has 0 aliphatic rings. The van der Waals surface area contributed by atoms with Crippen molar-refractivity contribution in [2.24, 2.45) is 0 Å². The van der Waals surface area contributed by atoms with Crippen molar-refractivity contribution in [3.8, 4) is 0 Å². The van der Waals surface area contributed by atoms with Gasteiger partial charge in [0, 0.05) is 12.1 Å². The zero-order valence-corrected chi connectivity index (χ0v) is 12.2. The standard InChI is InChI=1S/C6H14.C5H6N3.2CH4.CH3.V/c1-3-5-6-4-2;1-6-5-2-3-7-4-8-5;;;;/h3-6H2,1-2H3;2,4H,1H3,(H,6,7,8);2*1H4;1H3;/q;-1;;;-1;+2. The summed E-state index contributed by atoms with van der Waals surface area (Å²) in [4.78, 5) is 7.46. The molecule has 1 rings (SSSR count). The Balaban J connectivity index is -0.0000000527. The van der Waals surface area contributed by atoms with E-state index < -0.39 is 0 Å². The van der Waals surface area contributed by atoms with Crippen molar-refractivity contribution in [1.82, 2.24) is 9.97 Å². The Bertz CT molecular complexity index is 201. The van der Waals surface area contributed by atoms with Gasteiger partial charge in [-0.3, -0.25) is 0 Å². The molecule has 0 fully saturated rings. The molecule has 0 unspecified atom stereocenters. The molecule has 1 N–H and O–H groups in total. The van der Waals surface area contributed by atoms with Crippen LogP contribution in [0.15, 0.2) is 12.4 Å². The molecular formula is C14H31N3V. The molecule has 0 saturated heterocycles. The molecule has 0 aliphatic carbocycles. The Kier molecular flexibility index (Phi) is 42.9. The summed E-state index contributed by atoms with van der Waals surface area (Å²) in [5, 5.41) is 2.84. The number of hydrogen-bond acceptors (Lipinski definition) is 3. The minimum absolute atomic E-state index is 0. The van der Waals surface area contributed by atoms with E-state index in [0.29, 0.717) is 0 Å². The molecule has 1 radical (unpaired) electrons. The molecule has 1 aromatic rings. The summed E-state index contributed by atoms with van der Waals surface area (Å²) in [5.74, 6) is 0.792. The number of anilines is 1. The van der Waals surface area contributed by atoms with Gasteiger partial charge < -0.3 is 22.7 Å². The quantitative estimate of drug-likeness (QED) is 0.649. The van der Waals surface area contributed by atoms with Crippen LogP contribution in [0, 0.1) is 13.6 Å². The van der Waals surface area contributed by atoms with Gasteiger partial charge in [-0.15, -0.1) is 6.07 Å². The number of rotatable bonds is 4. The second-order valence-corrected chi connectivity index (χ2v) is 2.99. The monoisotopic (exact) mass is 292 g/mol. The van der Waals surface area contributed by atoms with Crippen LogP contribution >= 0.6 is 0 Å². The Morgan fingerprint density at radius 1 is 1.17 bits per heavy atom. The fourth-order valence-electron chi connectivity index (χ4n) is 0.897. The van der Waals surface area contributed by atoms with Gasteiger partial charge >= 0.3 is 18.6 Å². The van der Waals surface area contributed by atoms with E-state index in [0.717, 1.165) is 5.82 Å². The van der Waals surface area contributed by atoms with E-state index in [4.69, 9.17) is 0 Å². The number of hydrogen-bond donors (Lipinski definition) is 1. The van der Waals surface area contributed by atoms with Crippen LogP contribution in [0.4, 0.5) is 5.82 Å². The molecule has 107 valence electrons. The zero-order chi connectivity index (χ0) is 10.6. The fourth-order valence-corrected chi connectivity index (χ4v) is 0.897. The van der Waals surface area contributed by atoms with Crippen LogP contribution in [0.2, 0.25) is 0 Å². The van der Waals surface area contributed by atoms with Crippen LogP contribution in [0.3, 0.4) is 0 Å². The van der Waals surface area contributed by atoms with Crippen molar-refractivity contribution >= 4 is 5.82 Å². The summed E-state index contributed by atoms with van der Waals surface area (Å²) in [6.45, 7) is 4.46. The van der Waals surface area contributed by atoms with E-state index in [1.165, 1.54) is 32.0 Å². The van der Waals surface area contributed by atoms with E-state index in [-0.39, 0.29) is 40.8 Å². The number of aromatic nitrogens is 2. The third kappa shape index (κ3) is 20.8. The smallest absolute Gasteiger partial charge is 0.425 e. The van der Waals surface area contributed by atoms with Crippen molar-refractivity contribution in [3.63, 3.8) is 0 Å². The van der Waals surface area contributed by atoms with Crippen LogP contribution in [0.25, 0.3) is 0 Å². The largest absolute Gasteiger partial charge is 2.00 e. The van der Waals surface area contributed by atoms with Crippen molar-refractivity contribution < 1.29 is 18.6 Å². The van der Waals surface area contributed by atoms with Crippen LogP contribution in [0.5, 0.6) is 0 Å². The predicted molar refractivity (Wildman–Crippen MR) is 80.1 cm³/mol. The summed E-state index contributed by atoms with van der Waals surface area (Å²) >= 11 is 0. The minimum Gasteiger partial charge on any atom is -0.425 e. The molecule has 0 aliphatic heterocycles. The Morgan fingerprint density at radius 2 is 1.67 bits per heavy atom. The SMILES string of the molecule is C.C.CCCCCC.CNc1c[c-]ncn1.[CH3-].[V+2]. The normalized spacial score (nSPS) is 6.83. The minimum atomic E-state index is 0. The number of unbranched alkanes of at least 4 members (excludes halogenated alkanes) is 3. The third-order valence-electron chi connectivity index (χ3n) is 1.74. The first-order chi connectivity index (χ1) is 6.85. The summed E-state index contributed by atoms with van der Waals surface area (Å²) in [5.41, 5.74) is 0. The maximum atomic E-state index is 3.84. The van der Waals surface area contributed by atoms with Crippen LogP contribution in [-0.2, 0) is 18.6 Å². The van der Waals surface area contributed by atoms with Crippen molar-refractivity contribution in [1.29, 1.82) is 0 Å². The van der Waals surface area contributed by atoms with E-state index in [1.54, 1.807) is 13.1 Å². The summed E-state index contributed by atoms with van der Waals surface area (Å²) in [6.07, 6.45) is 9.62. The topological polar surface area (TPSA) is 37.8 Å². The molecule has 0 bridgehead atoms. The summed E-state index contributed by atoms with van der Waals surface area (Å²) in [7, 11) is 1.80. The van der Waals surface area contributed by atoms with Gasteiger partial charge in [0.1, 0.15) is 0 Å². The van der Waals surface area contributed by atoms with Crippen LogP contribution in [-0.4, -0.2) is 17.0 Å². The summed E-state index contributed by atoms with van der Waals surface area (Å²) in [6, 6.07) is 1.68.